The van der Waals surface area contributed by atoms with E-state index in [1.807, 2.05) is 6.92 Å². The lowest BCUT2D eigenvalue weighted by Crippen LogP contribution is -2.46. The van der Waals surface area contributed by atoms with Gasteiger partial charge in [-0.25, -0.2) is 8.78 Å². The van der Waals surface area contributed by atoms with Gasteiger partial charge in [-0.1, -0.05) is 12.1 Å². The minimum Gasteiger partial charge on any atom is -0.386 e. The first-order valence-corrected chi connectivity index (χ1v) is 6.45. The van der Waals surface area contributed by atoms with Crippen molar-refractivity contribution in [3.8, 4) is 0 Å². The number of nitrogens with one attached hydrogen (secondary N) is 1. The molecule has 0 spiro atoms. The molecule has 1 fully saturated rings. The highest BCUT2D eigenvalue weighted by Gasteiger charge is 2.39. The zero-order valence-corrected chi connectivity index (χ0v) is 11.1. The first-order chi connectivity index (χ1) is 8.94. The quantitative estimate of drug-likeness (QED) is 0.881. The maximum absolute atomic E-state index is 13.6. The van der Waals surface area contributed by atoms with Crippen LogP contribution in [-0.2, 0) is 4.74 Å². The van der Waals surface area contributed by atoms with Crippen molar-refractivity contribution in [1.82, 2.24) is 5.32 Å². The van der Waals surface area contributed by atoms with Gasteiger partial charge in [-0.3, -0.25) is 0 Å². The van der Waals surface area contributed by atoms with Crippen LogP contribution < -0.4 is 5.32 Å². The highest BCUT2D eigenvalue weighted by molar-refractivity contribution is 5.22. The summed E-state index contributed by atoms with van der Waals surface area (Å²) in [6, 6.07) is 3.72. The molecule has 19 heavy (non-hydrogen) atoms. The van der Waals surface area contributed by atoms with Crippen LogP contribution in [0.15, 0.2) is 18.2 Å². The molecule has 1 aromatic rings. The van der Waals surface area contributed by atoms with Crippen molar-refractivity contribution in [1.29, 1.82) is 0 Å². The molecule has 0 aliphatic carbocycles. The molecule has 1 aromatic carbocycles. The molecule has 0 amide bonds. The van der Waals surface area contributed by atoms with Gasteiger partial charge in [0.15, 0.2) is 11.6 Å². The summed E-state index contributed by atoms with van der Waals surface area (Å²) in [5, 5.41) is 13.4. The molecule has 2 N–H and O–H groups in total. The normalized spacial score (nSPS) is 28.6. The maximum atomic E-state index is 13.6. The Morgan fingerprint density at radius 1 is 1.53 bits per heavy atom. The Morgan fingerprint density at radius 3 is 2.89 bits per heavy atom. The topological polar surface area (TPSA) is 41.5 Å². The lowest BCUT2D eigenvalue weighted by Gasteiger charge is -2.28. The van der Waals surface area contributed by atoms with E-state index < -0.39 is 17.2 Å². The van der Waals surface area contributed by atoms with Crippen molar-refractivity contribution in [3.63, 3.8) is 0 Å². The molecule has 1 heterocycles. The summed E-state index contributed by atoms with van der Waals surface area (Å²) >= 11 is 0. The van der Waals surface area contributed by atoms with E-state index in [1.165, 1.54) is 12.1 Å². The Labute approximate surface area is 111 Å². The molecule has 5 heteroatoms. The molecule has 106 valence electrons. The molecule has 3 nitrogen and oxygen atoms in total. The predicted octanol–water partition coefficient (Wildman–Crippen LogP) is 2.16. The second kappa shape index (κ2) is 5.53. The van der Waals surface area contributed by atoms with Crippen molar-refractivity contribution < 1.29 is 18.6 Å². The standard InChI is InChI=1S/C14H19F2NO2/c1-9(11-4-3-5-12(15)13(11)16)17-8-14(18)6-7-19-10(14)2/h3-5,9-10,17-18H,6-8H2,1-2H3. The van der Waals surface area contributed by atoms with Crippen molar-refractivity contribution in [3.05, 3.63) is 35.4 Å². The first kappa shape index (κ1) is 14.4. The van der Waals surface area contributed by atoms with Gasteiger partial charge >= 0.3 is 0 Å². The molecule has 0 radical (unpaired) electrons. The lowest BCUT2D eigenvalue weighted by molar-refractivity contribution is -0.0274. The van der Waals surface area contributed by atoms with E-state index in [-0.39, 0.29) is 24.3 Å². The van der Waals surface area contributed by atoms with E-state index in [9.17, 15) is 13.9 Å². The summed E-state index contributed by atoms with van der Waals surface area (Å²) in [6.45, 7) is 4.34. The van der Waals surface area contributed by atoms with Gasteiger partial charge in [0.1, 0.15) is 5.60 Å². The van der Waals surface area contributed by atoms with Crippen LogP contribution in [0, 0.1) is 11.6 Å². The maximum Gasteiger partial charge on any atom is 0.163 e. The van der Waals surface area contributed by atoms with Gasteiger partial charge < -0.3 is 15.2 Å². The number of hydrogen-bond acceptors (Lipinski definition) is 3. The average molecular weight is 271 g/mol. The van der Waals surface area contributed by atoms with Crippen molar-refractivity contribution in [2.75, 3.05) is 13.2 Å². The molecule has 1 aliphatic heterocycles. The molecule has 0 bridgehead atoms. The molecule has 0 saturated carbocycles. The van der Waals surface area contributed by atoms with Crippen molar-refractivity contribution in [2.24, 2.45) is 0 Å². The zero-order valence-electron chi connectivity index (χ0n) is 11.1. The van der Waals surface area contributed by atoms with Gasteiger partial charge in [0.05, 0.1) is 6.10 Å². The Kier molecular flexibility index (Phi) is 4.18. The van der Waals surface area contributed by atoms with Crippen LogP contribution in [0.1, 0.15) is 31.9 Å². The zero-order chi connectivity index (χ0) is 14.0. The number of halogens is 2. The van der Waals surface area contributed by atoms with Gasteiger partial charge in [0, 0.05) is 31.2 Å². The van der Waals surface area contributed by atoms with Crippen LogP contribution in [0.4, 0.5) is 8.78 Å². The smallest absolute Gasteiger partial charge is 0.163 e. The van der Waals surface area contributed by atoms with E-state index >= 15 is 0 Å². The Hall–Kier alpha value is -1.04. The van der Waals surface area contributed by atoms with Gasteiger partial charge in [-0.15, -0.1) is 0 Å². The van der Waals surface area contributed by atoms with E-state index in [0.29, 0.717) is 13.0 Å². The summed E-state index contributed by atoms with van der Waals surface area (Å²) in [5.74, 6) is -1.70. The fourth-order valence-electron chi connectivity index (χ4n) is 2.30. The van der Waals surface area contributed by atoms with Crippen LogP contribution in [0.5, 0.6) is 0 Å². The molecule has 0 aromatic heterocycles. The highest BCUT2D eigenvalue weighted by Crippen LogP contribution is 2.26. The van der Waals surface area contributed by atoms with Crippen LogP contribution in [-0.4, -0.2) is 30.0 Å². The third-order valence-corrected chi connectivity index (χ3v) is 3.82. The number of hydrogen-bond donors (Lipinski definition) is 2. The second-order valence-electron chi connectivity index (χ2n) is 5.11. The van der Waals surface area contributed by atoms with Crippen LogP contribution >= 0.6 is 0 Å². The summed E-state index contributed by atoms with van der Waals surface area (Å²) in [6.07, 6.45) is 0.282. The fourth-order valence-corrected chi connectivity index (χ4v) is 2.30. The summed E-state index contributed by atoms with van der Waals surface area (Å²) < 4.78 is 32.1. The van der Waals surface area contributed by atoms with E-state index in [1.54, 1.807) is 6.92 Å². The van der Waals surface area contributed by atoms with E-state index in [2.05, 4.69) is 5.32 Å². The van der Waals surface area contributed by atoms with E-state index in [4.69, 9.17) is 4.74 Å². The Morgan fingerprint density at radius 2 is 2.26 bits per heavy atom. The first-order valence-electron chi connectivity index (χ1n) is 6.45. The molecule has 2 rings (SSSR count). The molecular formula is C14H19F2NO2. The summed E-state index contributed by atoms with van der Waals surface area (Å²) in [4.78, 5) is 0. The summed E-state index contributed by atoms with van der Waals surface area (Å²) in [7, 11) is 0. The Bertz CT molecular complexity index is 455. The van der Waals surface area contributed by atoms with Crippen LogP contribution in [0.25, 0.3) is 0 Å². The van der Waals surface area contributed by atoms with Gasteiger partial charge in [-0.2, -0.15) is 0 Å². The van der Waals surface area contributed by atoms with Gasteiger partial charge in [0.25, 0.3) is 0 Å². The minimum atomic E-state index is -0.946. The number of ether oxygens (including phenoxy) is 1. The summed E-state index contributed by atoms with van der Waals surface area (Å²) in [5.41, 5.74) is -0.687. The molecule has 1 saturated heterocycles. The third-order valence-electron chi connectivity index (χ3n) is 3.82. The van der Waals surface area contributed by atoms with Crippen molar-refractivity contribution in [2.45, 2.75) is 38.0 Å². The number of benzene rings is 1. The monoisotopic (exact) mass is 271 g/mol. The fraction of sp³-hybridized carbons (Fsp3) is 0.571. The molecular weight excluding hydrogens is 252 g/mol. The van der Waals surface area contributed by atoms with Gasteiger partial charge in [0.2, 0.25) is 0 Å². The largest absolute Gasteiger partial charge is 0.386 e. The predicted molar refractivity (Wildman–Crippen MR) is 67.8 cm³/mol. The van der Waals surface area contributed by atoms with E-state index in [0.717, 1.165) is 6.07 Å². The molecule has 1 aliphatic rings. The average Bonchev–Trinajstić information content (AvgIpc) is 2.71. The number of rotatable bonds is 4. The number of aliphatic hydroxyl groups is 1. The third kappa shape index (κ3) is 2.94. The van der Waals surface area contributed by atoms with Crippen molar-refractivity contribution >= 4 is 0 Å². The Balaban J connectivity index is 2.01. The van der Waals surface area contributed by atoms with Gasteiger partial charge in [-0.05, 0) is 19.9 Å². The van der Waals surface area contributed by atoms with Crippen LogP contribution in [0.3, 0.4) is 0 Å². The second-order valence-corrected chi connectivity index (χ2v) is 5.11. The SMILES string of the molecule is CC(NCC1(O)CCOC1C)c1cccc(F)c1F. The minimum absolute atomic E-state index is 0.259. The van der Waals surface area contributed by atoms with Crippen LogP contribution in [0.2, 0.25) is 0 Å². The highest BCUT2D eigenvalue weighted by atomic mass is 19.2. The molecule has 3 atom stereocenters. The molecule has 3 unspecified atom stereocenters. The lowest BCUT2D eigenvalue weighted by atomic mass is 9.96.